The second-order valence-electron chi connectivity index (χ2n) is 5.91. The molecule has 1 aromatic carbocycles. The van der Waals surface area contributed by atoms with Crippen molar-refractivity contribution in [1.29, 1.82) is 0 Å². The Kier molecular flexibility index (Phi) is 4.11. The average molecular weight is 359 g/mol. The molecule has 0 atom stereocenters. The largest absolute Gasteiger partial charge is 0.497 e. The lowest BCUT2D eigenvalue weighted by atomic mass is 10.2. The summed E-state index contributed by atoms with van der Waals surface area (Å²) in [4.78, 5) is 5.81. The minimum absolute atomic E-state index is 0.794. The van der Waals surface area contributed by atoms with Gasteiger partial charge in [-0.15, -0.1) is 17.8 Å². The van der Waals surface area contributed by atoms with Gasteiger partial charge in [-0.3, -0.25) is 4.40 Å². The molecule has 4 aromatic rings. The first-order valence-corrected chi connectivity index (χ1v) is 9.02. The van der Waals surface area contributed by atoms with Gasteiger partial charge < -0.3 is 10.1 Å². The number of hydrogen-bond acceptors (Lipinski definition) is 4. The van der Waals surface area contributed by atoms with Gasteiger partial charge in [-0.05, 0) is 42.1 Å². The number of nitrogens with zero attached hydrogens (tertiary/aromatic N) is 2. The molecule has 0 aliphatic carbocycles. The fraction of sp³-hybridized carbons (Fsp3) is 0.0952. The van der Waals surface area contributed by atoms with Crippen molar-refractivity contribution in [3.63, 3.8) is 0 Å². The molecule has 0 unspecified atom stereocenters. The van der Waals surface area contributed by atoms with Crippen LogP contribution in [0.15, 0.2) is 54.0 Å². The lowest BCUT2D eigenvalue weighted by Crippen LogP contribution is -1.98. The Bertz CT molecular complexity index is 1130. The van der Waals surface area contributed by atoms with Crippen LogP contribution in [-0.4, -0.2) is 16.5 Å². The number of aromatic nitrogens is 2. The molecule has 0 saturated carbocycles. The first kappa shape index (κ1) is 16.2. The Labute approximate surface area is 156 Å². The number of fused-ring (bicyclic) bond motifs is 1. The van der Waals surface area contributed by atoms with E-state index in [1.807, 2.05) is 41.8 Å². The van der Waals surface area contributed by atoms with Crippen molar-refractivity contribution in [3.05, 3.63) is 65.2 Å². The van der Waals surface area contributed by atoms with Crippen LogP contribution in [0.5, 0.6) is 5.75 Å². The van der Waals surface area contributed by atoms with Gasteiger partial charge in [-0.1, -0.05) is 18.1 Å². The Hall–Kier alpha value is -3.23. The molecule has 128 valence electrons. The molecule has 0 aliphatic heterocycles. The molecule has 0 radical (unpaired) electrons. The maximum atomic E-state index is 5.68. The van der Waals surface area contributed by atoms with Gasteiger partial charge in [-0.2, -0.15) is 0 Å². The summed E-state index contributed by atoms with van der Waals surface area (Å²) < 4.78 is 7.39. The number of nitrogens with one attached hydrogen (secondary N) is 1. The molecule has 0 fully saturated rings. The van der Waals surface area contributed by atoms with Crippen molar-refractivity contribution in [2.24, 2.45) is 0 Å². The normalized spacial score (nSPS) is 10.7. The van der Waals surface area contributed by atoms with Gasteiger partial charge in [-0.25, -0.2) is 4.98 Å². The molecule has 3 aromatic heterocycles. The van der Waals surface area contributed by atoms with E-state index in [0.717, 1.165) is 44.6 Å². The fourth-order valence-electron chi connectivity index (χ4n) is 2.87. The van der Waals surface area contributed by atoms with E-state index in [9.17, 15) is 0 Å². The number of hydrogen-bond donors (Lipinski definition) is 1. The van der Waals surface area contributed by atoms with Crippen LogP contribution in [0.4, 0.5) is 11.5 Å². The van der Waals surface area contributed by atoms with Crippen molar-refractivity contribution in [2.75, 3.05) is 12.4 Å². The van der Waals surface area contributed by atoms with Crippen LogP contribution in [0, 0.1) is 19.3 Å². The highest BCUT2D eigenvalue weighted by atomic mass is 32.1. The zero-order valence-corrected chi connectivity index (χ0v) is 15.3. The molecule has 1 N–H and O–H groups in total. The second-order valence-corrected chi connectivity index (χ2v) is 6.82. The predicted octanol–water partition coefficient (Wildman–Crippen LogP) is 5.10. The van der Waals surface area contributed by atoms with Crippen molar-refractivity contribution in [3.8, 4) is 28.7 Å². The molecular formula is C21H17N3OS. The van der Waals surface area contributed by atoms with E-state index < -0.39 is 0 Å². The smallest absolute Gasteiger partial charge is 0.144 e. The highest BCUT2D eigenvalue weighted by molar-refractivity contribution is 7.13. The number of thiophene rings is 1. The Morgan fingerprint density at radius 1 is 1.23 bits per heavy atom. The summed E-state index contributed by atoms with van der Waals surface area (Å²) in [5.41, 5.74) is 4.64. The number of imidazole rings is 1. The number of rotatable bonds is 4. The lowest BCUT2D eigenvalue weighted by Gasteiger charge is -2.10. The summed E-state index contributed by atoms with van der Waals surface area (Å²) in [6.45, 7) is 2.06. The Morgan fingerprint density at radius 2 is 2.12 bits per heavy atom. The topological polar surface area (TPSA) is 38.6 Å². The van der Waals surface area contributed by atoms with E-state index in [4.69, 9.17) is 16.1 Å². The first-order chi connectivity index (χ1) is 12.7. The number of methoxy groups -OCH3 is 1. The van der Waals surface area contributed by atoms with Gasteiger partial charge in [0.1, 0.15) is 22.9 Å². The fourth-order valence-corrected chi connectivity index (χ4v) is 3.72. The minimum Gasteiger partial charge on any atom is -0.497 e. The Morgan fingerprint density at radius 3 is 2.92 bits per heavy atom. The van der Waals surface area contributed by atoms with Crippen LogP contribution >= 0.6 is 11.3 Å². The van der Waals surface area contributed by atoms with E-state index in [-0.39, 0.29) is 0 Å². The second kappa shape index (κ2) is 6.58. The first-order valence-electron chi connectivity index (χ1n) is 8.14. The lowest BCUT2D eigenvalue weighted by molar-refractivity contribution is 0.415. The molecule has 0 saturated heterocycles. The van der Waals surface area contributed by atoms with E-state index in [0.29, 0.717) is 0 Å². The highest BCUT2D eigenvalue weighted by Gasteiger charge is 2.18. The van der Waals surface area contributed by atoms with Gasteiger partial charge in [0.2, 0.25) is 0 Å². The molecule has 0 amide bonds. The standard InChI is InChI=1S/C21H17N3OS/c1-4-15-10-11-26-20(15)19-21(22-16-6-5-7-17(12-16)25-3)24-13-14(2)8-9-18(24)23-19/h1,5-13,22H,2-3H3. The number of terminal acetylenes is 1. The summed E-state index contributed by atoms with van der Waals surface area (Å²) >= 11 is 1.60. The molecule has 26 heavy (non-hydrogen) atoms. The zero-order chi connectivity index (χ0) is 18.1. The van der Waals surface area contributed by atoms with E-state index in [1.54, 1.807) is 18.4 Å². The van der Waals surface area contributed by atoms with Crippen molar-refractivity contribution >= 4 is 28.5 Å². The van der Waals surface area contributed by atoms with Crippen molar-refractivity contribution in [1.82, 2.24) is 9.38 Å². The molecule has 5 heteroatoms. The number of pyridine rings is 1. The van der Waals surface area contributed by atoms with Gasteiger partial charge in [0.05, 0.1) is 12.0 Å². The van der Waals surface area contributed by atoms with Crippen LogP contribution in [0.1, 0.15) is 11.1 Å². The number of ether oxygens (including phenoxy) is 1. The summed E-state index contributed by atoms with van der Waals surface area (Å²) in [5.74, 6) is 4.43. The molecule has 4 nitrogen and oxygen atoms in total. The third kappa shape index (κ3) is 2.81. The number of benzene rings is 1. The predicted molar refractivity (Wildman–Crippen MR) is 107 cm³/mol. The van der Waals surface area contributed by atoms with E-state index in [2.05, 4.69) is 34.8 Å². The molecule has 0 spiro atoms. The highest BCUT2D eigenvalue weighted by Crippen LogP contribution is 2.36. The van der Waals surface area contributed by atoms with Crippen molar-refractivity contribution < 1.29 is 4.74 Å². The Balaban J connectivity index is 1.92. The third-order valence-corrected chi connectivity index (χ3v) is 5.06. The van der Waals surface area contributed by atoms with Gasteiger partial charge >= 0.3 is 0 Å². The maximum Gasteiger partial charge on any atom is 0.144 e. The van der Waals surface area contributed by atoms with E-state index >= 15 is 0 Å². The molecule has 4 rings (SSSR count). The average Bonchev–Trinajstić information content (AvgIpc) is 3.26. The summed E-state index contributed by atoms with van der Waals surface area (Å²) in [5, 5.41) is 5.49. The third-order valence-electron chi connectivity index (χ3n) is 4.13. The van der Waals surface area contributed by atoms with Gasteiger partial charge in [0.25, 0.3) is 0 Å². The van der Waals surface area contributed by atoms with E-state index in [1.165, 1.54) is 0 Å². The number of anilines is 2. The van der Waals surface area contributed by atoms with Crippen molar-refractivity contribution in [2.45, 2.75) is 6.92 Å². The van der Waals surface area contributed by atoms with Gasteiger partial charge in [0, 0.05) is 23.5 Å². The molecule has 3 heterocycles. The SMILES string of the molecule is C#Cc1ccsc1-c1nc2ccc(C)cn2c1Nc1cccc(OC)c1. The number of aryl methyl sites for hydroxylation is 1. The summed E-state index contributed by atoms with van der Waals surface area (Å²) in [6, 6.07) is 13.8. The monoisotopic (exact) mass is 359 g/mol. The quantitative estimate of drug-likeness (QED) is 0.515. The van der Waals surface area contributed by atoms with Crippen LogP contribution < -0.4 is 10.1 Å². The van der Waals surface area contributed by atoms with Crippen LogP contribution in [-0.2, 0) is 0 Å². The van der Waals surface area contributed by atoms with Gasteiger partial charge in [0.15, 0.2) is 0 Å². The minimum atomic E-state index is 0.794. The van der Waals surface area contributed by atoms with Crippen LogP contribution in [0.2, 0.25) is 0 Å². The summed E-state index contributed by atoms with van der Waals surface area (Å²) in [6.07, 6.45) is 7.74. The molecular weight excluding hydrogens is 342 g/mol. The maximum absolute atomic E-state index is 5.68. The molecule has 0 aliphatic rings. The summed E-state index contributed by atoms with van der Waals surface area (Å²) in [7, 11) is 1.66. The van der Waals surface area contributed by atoms with Crippen LogP contribution in [0.3, 0.4) is 0 Å². The van der Waals surface area contributed by atoms with Crippen LogP contribution in [0.25, 0.3) is 16.2 Å². The zero-order valence-electron chi connectivity index (χ0n) is 14.5. The molecule has 0 bridgehead atoms.